The summed E-state index contributed by atoms with van der Waals surface area (Å²) in [6.07, 6.45) is 56.2. The highest BCUT2D eigenvalue weighted by atomic mass is 32.2. The molecule has 0 aliphatic heterocycles. The molecule has 0 bridgehead atoms. The second-order valence-electron chi connectivity index (χ2n) is 14.3. The Morgan fingerprint density at radius 1 is 0.186 bits per heavy atom. The average Bonchev–Trinajstić information content (AvgIpc) is 3.02. The van der Waals surface area contributed by atoms with Crippen molar-refractivity contribution in [1.82, 2.24) is 0 Å². The average molecular weight is 623 g/mol. The predicted molar refractivity (Wildman–Crippen MR) is 204 cm³/mol. The maximum absolute atomic E-state index is 2.31. The maximum atomic E-state index is 2.31. The Kier molecular flexibility index (Phi) is 42.7. The summed E-state index contributed by atoms with van der Waals surface area (Å²) < 4.78 is 0. The van der Waals surface area contributed by atoms with Crippen LogP contribution in [0, 0.1) is 0 Å². The van der Waals surface area contributed by atoms with Crippen LogP contribution >= 0.6 is 11.8 Å². The van der Waals surface area contributed by atoms with Crippen molar-refractivity contribution in [2.24, 2.45) is 0 Å². The Labute approximate surface area is 280 Å². The van der Waals surface area contributed by atoms with E-state index >= 15 is 0 Å². The summed E-state index contributed by atoms with van der Waals surface area (Å²) in [5, 5.41) is 0. The first-order valence-electron chi connectivity index (χ1n) is 21.0. The van der Waals surface area contributed by atoms with Gasteiger partial charge in [0, 0.05) is 0 Å². The van der Waals surface area contributed by atoms with Gasteiger partial charge < -0.3 is 0 Å². The van der Waals surface area contributed by atoms with Crippen molar-refractivity contribution in [1.29, 1.82) is 0 Å². The van der Waals surface area contributed by atoms with E-state index in [1.807, 2.05) is 0 Å². The third-order valence-electron chi connectivity index (χ3n) is 9.78. The molecular weight excluding hydrogens is 537 g/mol. The normalized spacial score (nSPS) is 11.6. The fourth-order valence-electron chi connectivity index (χ4n) is 6.67. The minimum Gasteiger partial charge on any atom is -0.162 e. The van der Waals surface area contributed by atoms with Crippen LogP contribution in [0.25, 0.3) is 0 Å². The molecule has 0 aromatic rings. The Morgan fingerprint density at radius 3 is 0.488 bits per heavy atom. The number of hydrogen-bond acceptors (Lipinski definition) is 1. The van der Waals surface area contributed by atoms with Crippen LogP contribution in [0.3, 0.4) is 0 Å². The molecule has 0 rings (SSSR count). The van der Waals surface area contributed by atoms with Gasteiger partial charge in [0.15, 0.2) is 0 Å². The summed E-state index contributed by atoms with van der Waals surface area (Å²) in [6.45, 7) is 4.62. The molecule has 0 aromatic heterocycles. The van der Waals surface area contributed by atoms with Gasteiger partial charge in [0.2, 0.25) is 0 Å². The minimum atomic E-state index is 1.37. The Morgan fingerprint density at radius 2 is 0.326 bits per heavy atom. The van der Waals surface area contributed by atoms with Crippen LogP contribution in [0.2, 0.25) is 0 Å². The molecule has 0 amide bonds. The van der Waals surface area contributed by atoms with Gasteiger partial charge in [0.1, 0.15) is 0 Å². The molecule has 0 atom stereocenters. The molecule has 0 aliphatic carbocycles. The summed E-state index contributed by atoms with van der Waals surface area (Å²) in [4.78, 5) is 0. The molecule has 43 heavy (non-hydrogen) atoms. The highest BCUT2D eigenvalue weighted by Gasteiger charge is 1.98. The molecule has 260 valence electrons. The molecule has 0 aliphatic rings. The standard InChI is InChI=1S/C42H86S/c1-3-5-7-9-11-13-15-17-19-21-23-24-26-28-30-32-34-36-38-40-42-43-41-39-37-35-33-31-29-27-25-22-20-18-16-14-12-10-8-6-4-2/h3-42H2,1-2H3. The molecule has 0 aromatic carbocycles. The molecule has 0 saturated heterocycles. The molecule has 0 radical (unpaired) electrons. The zero-order chi connectivity index (χ0) is 31.0. The van der Waals surface area contributed by atoms with Crippen LogP contribution in [0.15, 0.2) is 0 Å². The second kappa shape index (κ2) is 42.3. The van der Waals surface area contributed by atoms with E-state index in [0.717, 1.165) is 0 Å². The molecule has 0 spiro atoms. The van der Waals surface area contributed by atoms with Crippen LogP contribution < -0.4 is 0 Å². The van der Waals surface area contributed by atoms with Crippen molar-refractivity contribution < 1.29 is 0 Å². The van der Waals surface area contributed by atoms with Crippen molar-refractivity contribution in [3.05, 3.63) is 0 Å². The quantitative estimate of drug-likeness (QED) is 0.0613. The van der Waals surface area contributed by atoms with E-state index in [4.69, 9.17) is 0 Å². The second-order valence-corrected chi connectivity index (χ2v) is 15.6. The predicted octanol–water partition coefficient (Wildman–Crippen LogP) is 16.6. The van der Waals surface area contributed by atoms with Crippen molar-refractivity contribution in [2.75, 3.05) is 11.5 Å². The lowest BCUT2D eigenvalue weighted by molar-refractivity contribution is 0.523. The lowest BCUT2D eigenvalue weighted by atomic mass is 10.0. The summed E-state index contributed by atoms with van der Waals surface area (Å²) >= 11 is 2.23. The molecule has 1 heteroatoms. The molecule has 0 saturated carbocycles. The number of rotatable bonds is 40. The Hall–Kier alpha value is 0.350. The monoisotopic (exact) mass is 623 g/mol. The molecule has 0 nitrogen and oxygen atoms in total. The van der Waals surface area contributed by atoms with Crippen LogP contribution in [0.4, 0.5) is 0 Å². The van der Waals surface area contributed by atoms with Crippen molar-refractivity contribution in [3.8, 4) is 0 Å². The zero-order valence-corrected chi connectivity index (χ0v) is 31.5. The largest absolute Gasteiger partial charge is 0.162 e. The first-order valence-corrected chi connectivity index (χ1v) is 22.1. The summed E-state index contributed by atoms with van der Waals surface area (Å²) in [6, 6.07) is 0. The number of thioether (sulfide) groups is 1. The van der Waals surface area contributed by atoms with Gasteiger partial charge >= 0.3 is 0 Å². The minimum absolute atomic E-state index is 1.37. The van der Waals surface area contributed by atoms with Gasteiger partial charge in [0.25, 0.3) is 0 Å². The van der Waals surface area contributed by atoms with Crippen molar-refractivity contribution >= 4 is 11.8 Å². The van der Waals surface area contributed by atoms with E-state index in [0.29, 0.717) is 0 Å². The maximum Gasteiger partial charge on any atom is -0.00675 e. The van der Waals surface area contributed by atoms with Gasteiger partial charge in [0.05, 0.1) is 0 Å². The number of hydrogen-bond donors (Lipinski definition) is 0. The smallest absolute Gasteiger partial charge is 0.00675 e. The SMILES string of the molecule is CCCCCCCCCCCCCCCCCCCCCCSCCCCCCCCCCCCCCCCCCCC. The van der Waals surface area contributed by atoms with Crippen LogP contribution in [0.1, 0.15) is 258 Å². The van der Waals surface area contributed by atoms with E-state index < -0.39 is 0 Å². The van der Waals surface area contributed by atoms with E-state index in [-0.39, 0.29) is 0 Å². The van der Waals surface area contributed by atoms with Gasteiger partial charge in [-0.25, -0.2) is 0 Å². The fourth-order valence-corrected chi connectivity index (χ4v) is 7.69. The van der Waals surface area contributed by atoms with E-state index in [2.05, 4.69) is 25.6 Å². The van der Waals surface area contributed by atoms with Crippen LogP contribution in [-0.2, 0) is 0 Å². The van der Waals surface area contributed by atoms with Crippen LogP contribution in [0.5, 0.6) is 0 Å². The lowest BCUT2D eigenvalue weighted by Gasteiger charge is -2.05. The van der Waals surface area contributed by atoms with E-state index in [9.17, 15) is 0 Å². The first kappa shape index (κ1) is 43.4. The molecule has 0 unspecified atom stereocenters. The fraction of sp³-hybridized carbons (Fsp3) is 1.00. The van der Waals surface area contributed by atoms with E-state index in [1.54, 1.807) is 0 Å². The van der Waals surface area contributed by atoms with Gasteiger partial charge in [-0.05, 0) is 24.3 Å². The van der Waals surface area contributed by atoms with Crippen molar-refractivity contribution in [2.45, 2.75) is 258 Å². The Bertz CT molecular complexity index is 406. The topological polar surface area (TPSA) is 0 Å². The summed E-state index contributed by atoms with van der Waals surface area (Å²) in [7, 11) is 0. The molecule has 0 N–H and O–H groups in total. The third-order valence-corrected chi connectivity index (χ3v) is 10.9. The first-order chi connectivity index (χ1) is 21.4. The van der Waals surface area contributed by atoms with Gasteiger partial charge in [-0.3, -0.25) is 0 Å². The van der Waals surface area contributed by atoms with Gasteiger partial charge in [-0.2, -0.15) is 11.8 Å². The van der Waals surface area contributed by atoms with Gasteiger partial charge in [-0.1, -0.05) is 245 Å². The van der Waals surface area contributed by atoms with Gasteiger partial charge in [-0.15, -0.1) is 0 Å². The molecular formula is C42H86S. The highest BCUT2D eigenvalue weighted by Crippen LogP contribution is 2.17. The van der Waals surface area contributed by atoms with Crippen molar-refractivity contribution in [3.63, 3.8) is 0 Å². The molecule has 0 fully saturated rings. The number of unbranched alkanes of at least 4 members (excludes halogenated alkanes) is 36. The zero-order valence-electron chi connectivity index (χ0n) is 30.7. The highest BCUT2D eigenvalue weighted by molar-refractivity contribution is 7.99. The molecule has 0 heterocycles. The summed E-state index contributed by atoms with van der Waals surface area (Å²) in [5.74, 6) is 2.83. The lowest BCUT2D eigenvalue weighted by Crippen LogP contribution is -1.87. The van der Waals surface area contributed by atoms with Crippen LogP contribution in [-0.4, -0.2) is 11.5 Å². The third kappa shape index (κ3) is 42.4. The van der Waals surface area contributed by atoms with E-state index in [1.165, 1.54) is 255 Å². The Balaban J connectivity index is 3.02. The summed E-state index contributed by atoms with van der Waals surface area (Å²) in [5.41, 5.74) is 0.